The van der Waals surface area contributed by atoms with Crippen LogP contribution in [0.1, 0.15) is 5.56 Å². The third-order valence-corrected chi connectivity index (χ3v) is 4.80. The molecule has 1 fully saturated rings. The summed E-state index contributed by atoms with van der Waals surface area (Å²) in [4.78, 5) is 17.4. The Morgan fingerprint density at radius 2 is 1.77 bits per heavy atom. The first kappa shape index (κ1) is 22.5. The number of non-ortho nitro benzene ring substituents is 1. The molecule has 0 aliphatic carbocycles. The van der Waals surface area contributed by atoms with Crippen molar-refractivity contribution in [3.8, 4) is 5.75 Å². The summed E-state index contributed by atoms with van der Waals surface area (Å²) in [5, 5.41) is 17.5. The number of nitrogens with one attached hydrogen (secondary N) is 2. The first-order valence-electron chi connectivity index (χ1n) is 10.4. The molecule has 2 N–H and O–H groups in total. The van der Waals surface area contributed by atoms with Crippen molar-refractivity contribution in [3.05, 3.63) is 70.3 Å². The van der Waals surface area contributed by atoms with Crippen LogP contribution in [0.2, 0.25) is 0 Å². The van der Waals surface area contributed by atoms with Gasteiger partial charge in [-0.15, -0.1) is 0 Å². The summed E-state index contributed by atoms with van der Waals surface area (Å²) in [7, 11) is 0. The average molecular weight is 428 g/mol. The third-order valence-electron chi connectivity index (χ3n) is 4.80. The maximum absolute atomic E-state index is 10.8. The molecular formula is C22H29N5O4. The smallest absolute Gasteiger partial charge is 0.269 e. The van der Waals surface area contributed by atoms with Crippen LogP contribution in [-0.2, 0) is 11.3 Å². The number of guanidine groups is 1. The Hall–Kier alpha value is -3.17. The van der Waals surface area contributed by atoms with E-state index in [-0.39, 0.29) is 5.69 Å². The first-order valence-corrected chi connectivity index (χ1v) is 10.4. The van der Waals surface area contributed by atoms with Gasteiger partial charge in [0, 0.05) is 38.3 Å². The van der Waals surface area contributed by atoms with E-state index in [1.807, 2.05) is 30.3 Å². The van der Waals surface area contributed by atoms with Crippen molar-refractivity contribution in [2.45, 2.75) is 6.54 Å². The van der Waals surface area contributed by atoms with Crippen molar-refractivity contribution in [3.63, 3.8) is 0 Å². The second-order valence-corrected chi connectivity index (χ2v) is 7.06. The minimum Gasteiger partial charge on any atom is -0.492 e. The second kappa shape index (κ2) is 12.5. The summed E-state index contributed by atoms with van der Waals surface area (Å²) in [6.07, 6.45) is 0. The van der Waals surface area contributed by atoms with Gasteiger partial charge in [-0.1, -0.05) is 30.3 Å². The molecule has 9 heteroatoms. The summed E-state index contributed by atoms with van der Waals surface area (Å²) in [5.74, 6) is 1.51. The van der Waals surface area contributed by atoms with E-state index in [4.69, 9.17) is 9.47 Å². The molecule has 0 amide bonds. The molecule has 9 nitrogen and oxygen atoms in total. The molecule has 3 rings (SSSR count). The molecule has 1 aliphatic rings. The van der Waals surface area contributed by atoms with E-state index in [0.29, 0.717) is 25.7 Å². The molecule has 166 valence electrons. The zero-order chi connectivity index (χ0) is 21.7. The van der Waals surface area contributed by atoms with Gasteiger partial charge < -0.3 is 20.1 Å². The number of para-hydroxylation sites is 1. The lowest BCUT2D eigenvalue weighted by atomic mass is 10.2. The molecular weight excluding hydrogens is 398 g/mol. The van der Waals surface area contributed by atoms with Crippen LogP contribution in [0.5, 0.6) is 5.75 Å². The van der Waals surface area contributed by atoms with E-state index in [1.165, 1.54) is 12.1 Å². The number of nitro benzene ring substituents is 1. The summed E-state index contributed by atoms with van der Waals surface area (Å²) in [6, 6.07) is 16.1. The minimum absolute atomic E-state index is 0.0766. The van der Waals surface area contributed by atoms with Gasteiger partial charge in [-0.2, -0.15) is 0 Å². The van der Waals surface area contributed by atoms with Crippen molar-refractivity contribution in [1.82, 2.24) is 15.5 Å². The fourth-order valence-corrected chi connectivity index (χ4v) is 3.08. The molecule has 0 spiro atoms. The van der Waals surface area contributed by atoms with Gasteiger partial charge in [-0.3, -0.25) is 15.0 Å². The van der Waals surface area contributed by atoms with Crippen LogP contribution in [0.3, 0.4) is 0 Å². The van der Waals surface area contributed by atoms with Crippen LogP contribution in [0.4, 0.5) is 5.69 Å². The van der Waals surface area contributed by atoms with Gasteiger partial charge in [0.05, 0.1) is 31.2 Å². The summed E-state index contributed by atoms with van der Waals surface area (Å²) in [5.41, 5.74) is 0.980. The quantitative estimate of drug-likeness (QED) is 0.197. The lowest BCUT2D eigenvalue weighted by molar-refractivity contribution is -0.384. The Morgan fingerprint density at radius 3 is 2.48 bits per heavy atom. The van der Waals surface area contributed by atoms with Gasteiger partial charge in [-0.25, -0.2) is 4.99 Å². The number of nitro groups is 1. The maximum atomic E-state index is 10.8. The summed E-state index contributed by atoms with van der Waals surface area (Å²) < 4.78 is 11.1. The van der Waals surface area contributed by atoms with Crippen molar-refractivity contribution in [2.75, 3.05) is 52.5 Å². The predicted octanol–water partition coefficient (Wildman–Crippen LogP) is 2.04. The van der Waals surface area contributed by atoms with Crippen LogP contribution < -0.4 is 15.4 Å². The van der Waals surface area contributed by atoms with Gasteiger partial charge >= 0.3 is 0 Å². The van der Waals surface area contributed by atoms with Crippen molar-refractivity contribution >= 4 is 11.6 Å². The number of hydrogen-bond acceptors (Lipinski definition) is 6. The number of nitrogens with zero attached hydrogens (tertiary/aromatic N) is 3. The zero-order valence-electron chi connectivity index (χ0n) is 17.5. The van der Waals surface area contributed by atoms with Crippen LogP contribution in [0.25, 0.3) is 0 Å². The second-order valence-electron chi connectivity index (χ2n) is 7.06. The fourth-order valence-electron chi connectivity index (χ4n) is 3.08. The molecule has 0 atom stereocenters. The maximum Gasteiger partial charge on any atom is 0.269 e. The van der Waals surface area contributed by atoms with E-state index < -0.39 is 4.92 Å². The SMILES string of the molecule is O=[N+]([O-])c1ccc(CN=C(NCCOc2ccccc2)NCCN2CCOCC2)cc1. The van der Waals surface area contributed by atoms with Crippen molar-refractivity contribution in [1.29, 1.82) is 0 Å². The van der Waals surface area contributed by atoms with Gasteiger partial charge in [0.25, 0.3) is 5.69 Å². The van der Waals surface area contributed by atoms with Crippen LogP contribution in [0.15, 0.2) is 59.6 Å². The van der Waals surface area contributed by atoms with Crippen LogP contribution in [-0.4, -0.2) is 68.3 Å². The van der Waals surface area contributed by atoms with Gasteiger partial charge in [0.15, 0.2) is 5.96 Å². The van der Waals surface area contributed by atoms with Crippen molar-refractivity contribution in [2.24, 2.45) is 4.99 Å². The standard InChI is InChI=1S/C22H29N5O4/c28-27(29)20-8-6-19(7-9-20)18-25-22(23-10-12-26-13-16-30-17-14-26)24-11-15-31-21-4-2-1-3-5-21/h1-9H,10-18H2,(H2,23,24,25). The van der Waals surface area contributed by atoms with Crippen molar-refractivity contribution < 1.29 is 14.4 Å². The lowest BCUT2D eigenvalue weighted by Crippen LogP contribution is -2.45. The Morgan fingerprint density at radius 1 is 1.06 bits per heavy atom. The number of rotatable bonds is 10. The Balaban J connectivity index is 1.50. The number of morpholine rings is 1. The highest BCUT2D eigenvalue weighted by Crippen LogP contribution is 2.12. The monoisotopic (exact) mass is 427 g/mol. The van der Waals surface area contributed by atoms with Gasteiger partial charge in [0.1, 0.15) is 12.4 Å². The largest absolute Gasteiger partial charge is 0.492 e. The number of benzene rings is 2. The van der Waals surface area contributed by atoms with E-state index in [1.54, 1.807) is 12.1 Å². The van der Waals surface area contributed by atoms with E-state index in [0.717, 1.165) is 50.7 Å². The zero-order valence-corrected chi connectivity index (χ0v) is 17.5. The van der Waals surface area contributed by atoms with E-state index in [2.05, 4.69) is 20.5 Å². The summed E-state index contributed by atoms with van der Waals surface area (Å²) in [6.45, 7) is 6.61. The molecule has 2 aromatic rings. The summed E-state index contributed by atoms with van der Waals surface area (Å²) >= 11 is 0. The molecule has 1 saturated heterocycles. The molecule has 31 heavy (non-hydrogen) atoms. The predicted molar refractivity (Wildman–Crippen MR) is 119 cm³/mol. The topological polar surface area (TPSA) is 101 Å². The Kier molecular flexibility index (Phi) is 9.08. The van der Waals surface area contributed by atoms with Gasteiger partial charge in [0.2, 0.25) is 0 Å². The minimum atomic E-state index is -0.403. The van der Waals surface area contributed by atoms with E-state index >= 15 is 0 Å². The molecule has 0 unspecified atom stereocenters. The highest BCUT2D eigenvalue weighted by Gasteiger charge is 2.10. The molecule has 0 radical (unpaired) electrons. The molecule has 0 aromatic heterocycles. The Bertz CT molecular complexity index is 824. The highest BCUT2D eigenvalue weighted by atomic mass is 16.6. The van der Waals surface area contributed by atoms with Crippen LogP contribution >= 0.6 is 0 Å². The molecule has 0 saturated carbocycles. The average Bonchev–Trinajstić information content (AvgIpc) is 2.81. The normalized spacial score (nSPS) is 14.8. The molecule has 1 heterocycles. The number of ether oxygens (including phenoxy) is 2. The van der Waals surface area contributed by atoms with Gasteiger partial charge in [-0.05, 0) is 17.7 Å². The third kappa shape index (κ3) is 8.23. The Labute approximate surface area is 182 Å². The number of aliphatic imine (C=N–C) groups is 1. The van der Waals surface area contributed by atoms with E-state index in [9.17, 15) is 10.1 Å². The molecule has 2 aromatic carbocycles. The number of hydrogen-bond donors (Lipinski definition) is 2. The lowest BCUT2D eigenvalue weighted by Gasteiger charge is -2.26. The molecule has 1 aliphatic heterocycles. The highest BCUT2D eigenvalue weighted by molar-refractivity contribution is 5.79. The first-order chi connectivity index (χ1) is 15.2. The molecule has 0 bridgehead atoms. The fraction of sp³-hybridized carbons (Fsp3) is 0.409. The van der Waals surface area contributed by atoms with Crippen LogP contribution in [0, 0.1) is 10.1 Å².